The van der Waals surface area contributed by atoms with E-state index in [1.54, 1.807) is 37.3 Å². The molecule has 82 heavy (non-hydrogen) atoms. The first-order valence-electron chi connectivity index (χ1n) is 27.7. The standard InChI is InChI=1S/C59H72N6O17/c1-31(2)24-38(63-56(76)39(25-35-15-9-7-10-16-35)62-43(68)18-11-8-12-21-65-45(70)19-20-46(65)71)55(75)60-30-44(69)61-36-17-13-14-32(3)51(72)50-49(41(67)26-36)53(74)48-37(52(50)73)28-59(77,34(5)66)29-42(48)81-47-27-40-54(33(4)80-47)82-57-58(78-6)79-23-22-64(40)57/h7,9-10,13-17,19-20,31,33,38-40,42,47,54,57-58,73-74,77H,3,8,11-12,18,21-30H2,1-2,4-6H3,(H,60,75)(H,61,69)(H,62,68)(H,63,76)/b14-13-,36-17+/t33-,38-,39-,40-,42-,47?,54+,57+,58-,59-/m0/s1. The molecule has 0 aromatic heterocycles. The molecule has 4 heterocycles. The van der Waals surface area contributed by atoms with Gasteiger partial charge in [-0.15, -0.1) is 0 Å². The number of rotatable bonds is 21. The number of benzene rings is 2. The molecule has 0 spiro atoms. The number of ketones is 3. The molecule has 4 aliphatic heterocycles. The van der Waals surface area contributed by atoms with Crippen molar-refractivity contribution in [2.24, 2.45) is 5.92 Å². The molecular weight excluding hydrogens is 1060 g/mol. The van der Waals surface area contributed by atoms with Crippen molar-refractivity contribution in [2.75, 3.05) is 33.4 Å². The second-order valence-electron chi connectivity index (χ2n) is 22.0. The van der Waals surface area contributed by atoms with Crippen molar-refractivity contribution in [3.05, 3.63) is 106 Å². The van der Waals surface area contributed by atoms with Crippen LogP contribution in [-0.2, 0) is 70.1 Å². The van der Waals surface area contributed by atoms with Gasteiger partial charge in [0.2, 0.25) is 23.6 Å². The van der Waals surface area contributed by atoms with Gasteiger partial charge in [-0.2, -0.15) is 0 Å². The Kier molecular flexibility index (Phi) is 19.5. The fraction of sp³-hybridized carbons (Fsp3) is 0.508. The minimum atomic E-state index is -2.15. The van der Waals surface area contributed by atoms with E-state index in [9.17, 15) is 58.5 Å². The summed E-state index contributed by atoms with van der Waals surface area (Å²) in [5.74, 6) is -7.63. The molecule has 2 aliphatic carbocycles. The fourth-order valence-corrected chi connectivity index (χ4v) is 11.4. The molecule has 0 saturated carbocycles. The van der Waals surface area contributed by atoms with Gasteiger partial charge >= 0.3 is 0 Å². The normalized spacial score (nSPS) is 27.1. The van der Waals surface area contributed by atoms with E-state index in [1.165, 1.54) is 37.5 Å². The van der Waals surface area contributed by atoms with Crippen molar-refractivity contribution in [1.29, 1.82) is 0 Å². The van der Waals surface area contributed by atoms with Crippen molar-refractivity contribution in [3.8, 4) is 11.5 Å². The molecule has 440 valence electrons. The van der Waals surface area contributed by atoms with Gasteiger partial charge in [-0.25, -0.2) is 0 Å². The van der Waals surface area contributed by atoms with E-state index in [1.807, 2.05) is 13.8 Å². The summed E-state index contributed by atoms with van der Waals surface area (Å²) < 4.78 is 30.5. The summed E-state index contributed by atoms with van der Waals surface area (Å²) in [7, 11) is 1.52. The lowest BCUT2D eigenvalue weighted by Gasteiger charge is -2.43. The third-order valence-electron chi connectivity index (χ3n) is 15.6. The molecule has 2 aromatic carbocycles. The molecule has 1 unspecified atom stereocenters. The zero-order valence-corrected chi connectivity index (χ0v) is 46.6. The highest BCUT2D eigenvalue weighted by atomic mass is 16.7. The fourth-order valence-electron chi connectivity index (χ4n) is 11.4. The number of phenolic OH excluding ortho intramolecular Hbond substituents is 2. The van der Waals surface area contributed by atoms with Crippen molar-refractivity contribution in [1.82, 2.24) is 31.1 Å². The number of allylic oxidation sites excluding steroid dienone is 5. The monoisotopic (exact) mass is 1140 g/mol. The van der Waals surface area contributed by atoms with Gasteiger partial charge < -0.3 is 60.3 Å². The number of nitrogens with one attached hydrogen (secondary N) is 4. The average Bonchev–Trinajstić information content (AvgIpc) is 4.11. The van der Waals surface area contributed by atoms with Crippen LogP contribution in [0.1, 0.15) is 123 Å². The highest BCUT2D eigenvalue weighted by molar-refractivity contribution is 6.20. The Bertz CT molecular complexity index is 2940. The number of hydrogen-bond acceptors (Lipinski definition) is 18. The zero-order chi connectivity index (χ0) is 59.2. The first kappa shape index (κ1) is 60.8. The molecule has 23 heteroatoms. The molecule has 6 aliphatic rings. The lowest BCUT2D eigenvalue weighted by atomic mass is 9.73. The quantitative estimate of drug-likeness (QED) is 0.0409. The number of unbranched alkanes of at least 4 members (excludes halogenated alkanes) is 2. The first-order valence-corrected chi connectivity index (χ1v) is 27.7. The number of aliphatic hydroxyl groups is 1. The van der Waals surface area contributed by atoms with Crippen LogP contribution in [-0.4, -0.2) is 166 Å². The van der Waals surface area contributed by atoms with E-state index < -0.39 is 144 Å². The second-order valence-corrected chi connectivity index (χ2v) is 22.0. The molecule has 23 nitrogen and oxygen atoms in total. The first-order chi connectivity index (χ1) is 39.1. The number of methoxy groups -OCH3 is 1. The van der Waals surface area contributed by atoms with E-state index in [0.29, 0.717) is 32.4 Å². The molecule has 8 rings (SSSR count). The summed E-state index contributed by atoms with van der Waals surface area (Å²) in [6.45, 7) is 10.9. The highest BCUT2D eigenvalue weighted by Crippen LogP contribution is 2.51. The van der Waals surface area contributed by atoms with Gasteiger partial charge in [-0.05, 0) is 50.7 Å². The van der Waals surface area contributed by atoms with E-state index in [-0.39, 0.29) is 78.4 Å². The zero-order valence-electron chi connectivity index (χ0n) is 46.6. The van der Waals surface area contributed by atoms with E-state index >= 15 is 0 Å². The SMILES string of the molecule is C=C1/C=C\C=C(\NC(=O)CNC(=O)[C@H](CC(C)C)NC(=O)[C@H](Cc2ccccc2)NC(=O)CCCCCN2C(=O)C=CC2=O)CC(=O)c2c(O)c3c(c(O)c2C1=O)C[C@@](O)(C(C)=O)C[C@@H]3OC1C[C@H]2[C@H](O[C@@H]3[C@@H](OC)OCCN32)[C@H](C)O1. The lowest BCUT2D eigenvalue weighted by molar-refractivity contribution is -0.256. The summed E-state index contributed by atoms with van der Waals surface area (Å²) in [6.07, 6.45) is 2.07. The van der Waals surface area contributed by atoms with Gasteiger partial charge in [0.05, 0.1) is 42.9 Å². The number of Topliss-reactive ketones (excluding diaryl/α,β-unsaturated/α-hetero) is 3. The van der Waals surface area contributed by atoms with Crippen LogP contribution in [0.15, 0.2) is 78.6 Å². The molecule has 0 bridgehead atoms. The predicted octanol–water partition coefficient (Wildman–Crippen LogP) is 2.70. The van der Waals surface area contributed by atoms with E-state index in [0.717, 1.165) is 17.4 Å². The van der Waals surface area contributed by atoms with Crippen LogP contribution in [0.2, 0.25) is 0 Å². The number of imide groups is 1. The molecule has 3 saturated heterocycles. The van der Waals surface area contributed by atoms with Crippen molar-refractivity contribution >= 4 is 52.8 Å². The number of morpholine rings is 1. The largest absolute Gasteiger partial charge is 0.507 e. The van der Waals surface area contributed by atoms with Gasteiger partial charge in [0.15, 0.2) is 36.2 Å². The van der Waals surface area contributed by atoms with Gasteiger partial charge in [0.1, 0.15) is 35.3 Å². The second kappa shape index (κ2) is 26.3. The van der Waals surface area contributed by atoms with Crippen LogP contribution < -0.4 is 21.3 Å². The molecule has 2 aromatic rings. The third-order valence-corrected chi connectivity index (χ3v) is 15.6. The topological polar surface area (TPSA) is 315 Å². The number of nitrogens with zero attached hydrogens (tertiary/aromatic N) is 2. The lowest BCUT2D eigenvalue weighted by Crippen LogP contribution is -2.55. The van der Waals surface area contributed by atoms with Gasteiger partial charge in [0.25, 0.3) is 11.8 Å². The Morgan fingerprint density at radius 2 is 1.63 bits per heavy atom. The number of hydrogen-bond donors (Lipinski definition) is 7. The van der Waals surface area contributed by atoms with Gasteiger partial charge in [0, 0.05) is 92.9 Å². The Hall–Kier alpha value is -7.25. The highest BCUT2D eigenvalue weighted by Gasteiger charge is 2.55. The smallest absolute Gasteiger partial charge is 0.253 e. The van der Waals surface area contributed by atoms with Crippen LogP contribution in [0, 0.1) is 5.92 Å². The molecule has 3 fully saturated rings. The van der Waals surface area contributed by atoms with E-state index in [2.05, 4.69) is 32.7 Å². The molecule has 0 radical (unpaired) electrons. The minimum absolute atomic E-state index is 0.0515. The van der Waals surface area contributed by atoms with Crippen LogP contribution in [0.4, 0.5) is 0 Å². The maximum atomic E-state index is 14.6. The number of ether oxygens (including phenoxy) is 5. The molecular formula is C59H72N6O17. The predicted molar refractivity (Wildman–Crippen MR) is 291 cm³/mol. The maximum absolute atomic E-state index is 14.6. The van der Waals surface area contributed by atoms with Gasteiger partial charge in [-0.1, -0.05) is 69.3 Å². The number of fused-ring (bicyclic) bond motifs is 5. The molecule has 10 atom stereocenters. The summed E-state index contributed by atoms with van der Waals surface area (Å²) >= 11 is 0. The Labute approximate surface area is 474 Å². The van der Waals surface area contributed by atoms with Crippen LogP contribution in [0.25, 0.3) is 0 Å². The van der Waals surface area contributed by atoms with E-state index in [4.69, 9.17) is 23.7 Å². The van der Waals surface area contributed by atoms with Gasteiger partial charge in [-0.3, -0.25) is 53.0 Å². The number of aromatic hydroxyl groups is 2. The summed E-state index contributed by atoms with van der Waals surface area (Å²) in [6, 6.07) is 6.44. The Morgan fingerprint density at radius 1 is 0.902 bits per heavy atom. The number of carbonyl (C=O) groups excluding carboxylic acids is 9. The maximum Gasteiger partial charge on any atom is 0.253 e. The van der Waals surface area contributed by atoms with Crippen molar-refractivity contribution in [3.63, 3.8) is 0 Å². The minimum Gasteiger partial charge on any atom is -0.507 e. The summed E-state index contributed by atoms with van der Waals surface area (Å²) in [5, 5.41) is 46.9. The van der Waals surface area contributed by atoms with Crippen LogP contribution in [0.5, 0.6) is 11.5 Å². The molecule has 6 amide bonds. The van der Waals surface area contributed by atoms with Crippen LogP contribution in [0.3, 0.4) is 0 Å². The molecule has 7 N–H and O–H groups in total. The Balaban J connectivity index is 0.951. The van der Waals surface area contributed by atoms with Crippen LogP contribution >= 0.6 is 0 Å². The Morgan fingerprint density at radius 3 is 2.33 bits per heavy atom. The third kappa shape index (κ3) is 13.8. The number of carbonyl (C=O) groups is 9. The summed E-state index contributed by atoms with van der Waals surface area (Å²) in [4.78, 5) is 124. The number of amides is 6. The number of phenols is 2. The van der Waals surface area contributed by atoms with Crippen molar-refractivity contribution in [2.45, 2.75) is 153 Å². The average molecular weight is 1140 g/mol. The summed E-state index contributed by atoms with van der Waals surface area (Å²) in [5.41, 5.74) is -3.36. The van der Waals surface area contributed by atoms with Crippen molar-refractivity contribution < 1.29 is 82.2 Å².